The molecule has 0 saturated heterocycles. The van der Waals surface area contributed by atoms with Crippen molar-refractivity contribution in [1.29, 1.82) is 0 Å². The fraction of sp³-hybridized carbons (Fsp3) is 0.857. The van der Waals surface area contributed by atoms with Gasteiger partial charge in [-0.1, -0.05) is 45.8 Å². The molecule has 0 aromatic rings. The molecule has 4 atom stereocenters. The second-order valence-corrected chi connectivity index (χ2v) is 5.72. The second kappa shape index (κ2) is 3.72. The van der Waals surface area contributed by atoms with E-state index in [4.69, 9.17) is 0 Å². The van der Waals surface area contributed by atoms with Gasteiger partial charge in [-0.3, -0.25) is 0 Å². The molecule has 1 fully saturated rings. The Morgan fingerprint density at radius 2 is 2.21 bits per heavy atom. The van der Waals surface area contributed by atoms with E-state index < -0.39 is 0 Å². The van der Waals surface area contributed by atoms with E-state index >= 15 is 0 Å². The van der Waals surface area contributed by atoms with Gasteiger partial charge in [0.1, 0.15) is 0 Å². The van der Waals surface area contributed by atoms with Crippen LogP contribution in [0.1, 0.15) is 52.9 Å². The van der Waals surface area contributed by atoms with Crippen molar-refractivity contribution in [2.24, 2.45) is 23.2 Å². The molecule has 0 aromatic carbocycles. The first-order chi connectivity index (χ1) is 6.67. The highest BCUT2D eigenvalue weighted by Crippen LogP contribution is 2.53. The van der Waals surface area contributed by atoms with Crippen LogP contribution >= 0.6 is 0 Å². The minimum absolute atomic E-state index is 0.562. The van der Waals surface area contributed by atoms with Crippen LogP contribution < -0.4 is 0 Å². The van der Waals surface area contributed by atoms with Crippen LogP contribution in [0.5, 0.6) is 0 Å². The highest BCUT2D eigenvalue weighted by molar-refractivity contribution is 5.12. The van der Waals surface area contributed by atoms with Gasteiger partial charge in [0.2, 0.25) is 0 Å². The topological polar surface area (TPSA) is 0 Å². The van der Waals surface area contributed by atoms with Crippen molar-refractivity contribution in [3.63, 3.8) is 0 Å². The van der Waals surface area contributed by atoms with Crippen molar-refractivity contribution >= 4 is 0 Å². The van der Waals surface area contributed by atoms with E-state index in [1.54, 1.807) is 0 Å². The highest BCUT2D eigenvalue weighted by atomic mass is 14.5. The zero-order valence-electron chi connectivity index (χ0n) is 9.92. The van der Waals surface area contributed by atoms with E-state index in [0.717, 1.165) is 17.8 Å². The van der Waals surface area contributed by atoms with E-state index in [1.807, 2.05) is 0 Å². The van der Waals surface area contributed by atoms with Crippen LogP contribution in [0.4, 0.5) is 0 Å². The van der Waals surface area contributed by atoms with Crippen molar-refractivity contribution in [1.82, 2.24) is 0 Å². The fourth-order valence-corrected chi connectivity index (χ4v) is 3.78. The molecule has 0 heteroatoms. The third-order valence-electron chi connectivity index (χ3n) is 4.74. The molecule has 2 aliphatic carbocycles. The van der Waals surface area contributed by atoms with E-state index in [1.165, 1.54) is 32.1 Å². The average Bonchev–Trinajstić information content (AvgIpc) is 2.54. The predicted octanol–water partition coefficient (Wildman–Crippen LogP) is 4.42. The van der Waals surface area contributed by atoms with Gasteiger partial charge in [-0.15, -0.1) is 0 Å². The monoisotopic (exact) mass is 192 g/mol. The standard InChI is InChI=1S/C14H24/c1-4-6-12-11(2)8-10-14(3)9-5-7-13(12)14/h5,9,11-13H,4,6-8,10H2,1-3H3. The summed E-state index contributed by atoms with van der Waals surface area (Å²) in [4.78, 5) is 0. The van der Waals surface area contributed by atoms with Crippen molar-refractivity contribution in [2.45, 2.75) is 52.9 Å². The average molecular weight is 192 g/mol. The van der Waals surface area contributed by atoms with E-state index in [9.17, 15) is 0 Å². The first-order valence-electron chi connectivity index (χ1n) is 6.35. The van der Waals surface area contributed by atoms with Gasteiger partial charge in [-0.05, 0) is 42.4 Å². The predicted molar refractivity (Wildman–Crippen MR) is 62.2 cm³/mol. The van der Waals surface area contributed by atoms with Crippen molar-refractivity contribution in [3.8, 4) is 0 Å². The van der Waals surface area contributed by atoms with Gasteiger partial charge in [0.05, 0.1) is 0 Å². The largest absolute Gasteiger partial charge is 0.0877 e. The molecular weight excluding hydrogens is 168 g/mol. The van der Waals surface area contributed by atoms with Crippen LogP contribution in [-0.4, -0.2) is 0 Å². The lowest BCUT2D eigenvalue weighted by atomic mass is 9.60. The maximum absolute atomic E-state index is 2.51. The van der Waals surface area contributed by atoms with Gasteiger partial charge < -0.3 is 0 Å². The molecule has 0 bridgehead atoms. The molecular formula is C14H24. The van der Waals surface area contributed by atoms with Crippen molar-refractivity contribution in [2.75, 3.05) is 0 Å². The number of allylic oxidation sites excluding steroid dienone is 2. The van der Waals surface area contributed by atoms with Crippen LogP contribution in [0.25, 0.3) is 0 Å². The maximum Gasteiger partial charge on any atom is -0.0112 e. The Morgan fingerprint density at radius 1 is 1.43 bits per heavy atom. The molecule has 4 unspecified atom stereocenters. The third-order valence-corrected chi connectivity index (χ3v) is 4.74. The molecule has 14 heavy (non-hydrogen) atoms. The zero-order chi connectivity index (χ0) is 10.2. The van der Waals surface area contributed by atoms with Gasteiger partial charge in [-0.2, -0.15) is 0 Å². The van der Waals surface area contributed by atoms with Crippen LogP contribution in [0.2, 0.25) is 0 Å². The van der Waals surface area contributed by atoms with Gasteiger partial charge in [0, 0.05) is 0 Å². The van der Waals surface area contributed by atoms with Crippen molar-refractivity contribution in [3.05, 3.63) is 12.2 Å². The Morgan fingerprint density at radius 3 is 2.93 bits per heavy atom. The summed E-state index contributed by atoms with van der Waals surface area (Å²) in [7, 11) is 0. The Bertz CT molecular complexity index is 228. The van der Waals surface area contributed by atoms with E-state index in [-0.39, 0.29) is 0 Å². The first kappa shape index (κ1) is 10.3. The fourth-order valence-electron chi connectivity index (χ4n) is 3.78. The summed E-state index contributed by atoms with van der Waals surface area (Å²) >= 11 is 0. The SMILES string of the molecule is CCCC1C(C)CCC2(C)C=CCC12. The summed E-state index contributed by atoms with van der Waals surface area (Å²) in [5.74, 6) is 2.92. The molecule has 0 N–H and O–H groups in total. The molecule has 0 heterocycles. The molecule has 0 nitrogen and oxygen atoms in total. The molecule has 2 rings (SSSR count). The van der Waals surface area contributed by atoms with Gasteiger partial charge in [-0.25, -0.2) is 0 Å². The van der Waals surface area contributed by atoms with Gasteiger partial charge >= 0.3 is 0 Å². The number of hydrogen-bond donors (Lipinski definition) is 0. The molecule has 1 saturated carbocycles. The van der Waals surface area contributed by atoms with Crippen LogP contribution in [0.3, 0.4) is 0 Å². The molecule has 0 amide bonds. The molecule has 80 valence electrons. The highest BCUT2D eigenvalue weighted by Gasteiger charge is 2.44. The lowest BCUT2D eigenvalue weighted by molar-refractivity contribution is 0.0632. The number of rotatable bonds is 2. The second-order valence-electron chi connectivity index (χ2n) is 5.72. The lowest BCUT2D eigenvalue weighted by Gasteiger charge is -2.45. The summed E-state index contributed by atoms with van der Waals surface area (Å²) < 4.78 is 0. The van der Waals surface area contributed by atoms with E-state index in [2.05, 4.69) is 32.9 Å². The van der Waals surface area contributed by atoms with E-state index in [0.29, 0.717) is 5.41 Å². The molecule has 0 spiro atoms. The van der Waals surface area contributed by atoms with Gasteiger partial charge in [0.15, 0.2) is 0 Å². The molecule has 0 aliphatic heterocycles. The minimum Gasteiger partial charge on any atom is -0.0877 e. The smallest absolute Gasteiger partial charge is 0.0112 e. The van der Waals surface area contributed by atoms with Crippen LogP contribution in [0.15, 0.2) is 12.2 Å². The number of fused-ring (bicyclic) bond motifs is 1. The molecule has 0 aromatic heterocycles. The summed E-state index contributed by atoms with van der Waals surface area (Å²) in [6.07, 6.45) is 12.0. The Balaban J connectivity index is 2.14. The minimum atomic E-state index is 0.562. The Hall–Kier alpha value is -0.260. The quantitative estimate of drug-likeness (QED) is 0.568. The maximum atomic E-state index is 2.51. The normalized spacial score (nSPS) is 46.6. The van der Waals surface area contributed by atoms with Crippen LogP contribution in [-0.2, 0) is 0 Å². The third kappa shape index (κ3) is 1.53. The Labute approximate surface area is 88.8 Å². The summed E-state index contributed by atoms with van der Waals surface area (Å²) in [6.45, 7) is 7.29. The van der Waals surface area contributed by atoms with Crippen LogP contribution in [0, 0.1) is 23.2 Å². The number of hydrogen-bond acceptors (Lipinski definition) is 0. The zero-order valence-corrected chi connectivity index (χ0v) is 9.92. The summed E-state index contributed by atoms with van der Waals surface area (Å²) in [5, 5.41) is 0. The Kier molecular flexibility index (Phi) is 2.72. The molecule has 2 aliphatic rings. The van der Waals surface area contributed by atoms with Crippen molar-refractivity contribution < 1.29 is 0 Å². The lowest BCUT2D eigenvalue weighted by Crippen LogP contribution is -2.37. The molecule has 0 radical (unpaired) electrons. The summed E-state index contributed by atoms with van der Waals surface area (Å²) in [6, 6.07) is 0. The first-order valence-corrected chi connectivity index (χ1v) is 6.35. The summed E-state index contributed by atoms with van der Waals surface area (Å²) in [5.41, 5.74) is 0.562. The van der Waals surface area contributed by atoms with Gasteiger partial charge in [0.25, 0.3) is 0 Å².